The van der Waals surface area contributed by atoms with E-state index >= 15 is 0 Å². The van der Waals surface area contributed by atoms with Crippen LogP contribution in [0.5, 0.6) is 0 Å². The van der Waals surface area contributed by atoms with Gasteiger partial charge in [0.25, 0.3) is 5.91 Å². The minimum Gasteiger partial charge on any atom is -0.468 e. The number of sulfone groups is 1. The number of ether oxygens (including phenoxy) is 1. The summed E-state index contributed by atoms with van der Waals surface area (Å²) in [5.41, 5.74) is 0.599. The number of aromatic nitrogens is 1. The highest BCUT2D eigenvalue weighted by Gasteiger charge is 2.16. The molecule has 1 amide bonds. The molecule has 0 aliphatic heterocycles. The predicted molar refractivity (Wildman–Crippen MR) is 113 cm³/mol. The van der Waals surface area contributed by atoms with Crippen molar-refractivity contribution in [1.29, 1.82) is 0 Å². The van der Waals surface area contributed by atoms with Gasteiger partial charge in [0.05, 0.1) is 27.1 Å². The van der Waals surface area contributed by atoms with Gasteiger partial charge in [-0.1, -0.05) is 11.3 Å². The molecule has 0 saturated heterocycles. The molecular formula is C18H17N3O7S3. The molecule has 0 bridgehead atoms. The van der Waals surface area contributed by atoms with Crippen LogP contribution in [-0.4, -0.2) is 46.6 Å². The first kappa shape index (κ1) is 22.8. The molecule has 3 rings (SSSR count). The molecule has 1 aromatic heterocycles. The van der Waals surface area contributed by atoms with Gasteiger partial charge < -0.3 is 9.30 Å². The van der Waals surface area contributed by atoms with Crippen molar-refractivity contribution in [3.63, 3.8) is 0 Å². The first-order valence-corrected chi connectivity index (χ1v) is 12.8. The third-order valence-corrected chi connectivity index (χ3v) is 7.30. The number of methoxy groups -OCH3 is 1. The third-order valence-electron chi connectivity index (χ3n) is 4.22. The Morgan fingerprint density at radius 2 is 1.68 bits per heavy atom. The average Bonchev–Trinajstić information content (AvgIpc) is 3.02. The Bertz CT molecular complexity index is 1470. The number of hydrogen-bond acceptors (Lipinski definition) is 8. The number of thiazole rings is 1. The number of esters is 1. The summed E-state index contributed by atoms with van der Waals surface area (Å²) in [4.78, 5) is 28.6. The number of carbonyl (C=O) groups excluding carboxylic acids is 2. The molecule has 0 unspecified atom stereocenters. The van der Waals surface area contributed by atoms with Crippen LogP contribution >= 0.6 is 11.3 Å². The average molecular weight is 484 g/mol. The molecule has 0 radical (unpaired) electrons. The summed E-state index contributed by atoms with van der Waals surface area (Å²) in [5, 5.41) is 5.17. The lowest BCUT2D eigenvalue weighted by molar-refractivity contribution is -0.141. The van der Waals surface area contributed by atoms with E-state index in [4.69, 9.17) is 5.14 Å². The van der Waals surface area contributed by atoms with Gasteiger partial charge in [-0.05, 0) is 42.5 Å². The van der Waals surface area contributed by atoms with Gasteiger partial charge in [-0.3, -0.25) is 9.59 Å². The molecular weight excluding hydrogens is 466 g/mol. The topological polar surface area (TPSA) is 155 Å². The smallest absolute Gasteiger partial charge is 0.325 e. The number of fused-ring (bicyclic) bond motifs is 1. The number of benzene rings is 2. The van der Waals surface area contributed by atoms with Crippen LogP contribution in [0.2, 0.25) is 0 Å². The molecule has 2 aromatic carbocycles. The van der Waals surface area contributed by atoms with E-state index in [0.717, 1.165) is 17.6 Å². The van der Waals surface area contributed by atoms with Crippen LogP contribution < -0.4 is 9.94 Å². The first-order valence-electron chi connectivity index (χ1n) is 8.52. The van der Waals surface area contributed by atoms with Gasteiger partial charge in [0.15, 0.2) is 14.6 Å². The number of carbonyl (C=O) groups is 2. The fourth-order valence-electron chi connectivity index (χ4n) is 2.66. The number of amides is 1. The summed E-state index contributed by atoms with van der Waals surface area (Å²) in [5.74, 6) is -1.27. The second kappa shape index (κ2) is 8.34. The molecule has 10 nitrogen and oxygen atoms in total. The van der Waals surface area contributed by atoms with E-state index in [2.05, 4.69) is 9.73 Å². The SMILES string of the molecule is COC(=O)Cn1c(=NC(=O)c2ccc(S(C)(=O)=O)cc2)sc2cc(S(N)(=O)=O)ccc21. The summed E-state index contributed by atoms with van der Waals surface area (Å²) in [6.07, 6.45) is 1.05. The van der Waals surface area contributed by atoms with Crippen molar-refractivity contribution in [2.24, 2.45) is 10.1 Å². The molecule has 31 heavy (non-hydrogen) atoms. The zero-order valence-corrected chi connectivity index (χ0v) is 18.8. The molecule has 3 aromatic rings. The number of rotatable bonds is 5. The molecule has 1 heterocycles. The highest BCUT2D eigenvalue weighted by atomic mass is 32.2. The summed E-state index contributed by atoms with van der Waals surface area (Å²) in [6.45, 7) is -0.260. The molecule has 13 heteroatoms. The van der Waals surface area contributed by atoms with Gasteiger partial charge >= 0.3 is 5.97 Å². The highest BCUT2D eigenvalue weighted by Crippen LogP contribution is 2.21. The quantitative estimate of drug-likeness (QED) is 0.523. The van der Waals surface area contributed by atoms with Crippen LogP contribution in [0.4, 0.5) is 0 Å². The van der Waals surface area contributed by atoms with Gasteiger partial charge in [-0.15, -0.1) is 0 Å². The minimum absolute atomic E-state index is 0.0576. The fraction of sp³-hybridized carbons (Fsp3) is 0.167. The lowest BCUT2D eigenvalue weighted by Crippen LogP contribution is -2.22. The summed E-state index contributed by atoms with van der Waals surface area (Å²) >= 11 is 0.989. The lowest BCUT2D eigenvalue weighted by Gasteiger charge is -2.04. The summed E-state index contributed by atoms with van der Waals surface area (Å²) in [6, 6.07) is 9.33. The number of sulfonamides is 1. The normalized spacial score (nSPS) is 12.8. The van der Waals surface area contributed by atoms with Crippen LogP contribution in [0.3, 0.4) is 0 Å². The van der Waals surface area contributed by atoms with Crippen LogP contribution in [0.15, 0.2) is 57.2 Å². The number of hydrogen-bond donors (Lipinski definition) is 1. The molecule has 0 aliphatic rings. The monoisotopic (exact) mass is 483 g/mol. The maximum absolute atomic E-state index is 12.6. The van der Waals surface area contributed by atoms with Gasteiger partial charge in [0, 0.05) is 11.8 Å². The number of nitrogens with two attached hydrogens (primary N) is 1. The van der Waals surface area contributed by atoms with E-state index in [1.807, 2.05) is 0 Å². The van der Waals surface area contributed by atoms with Crippen molar-refractivity contribution < 1.29 is 31.2 Å². The van der Waals surface area contributed by atoms with Crippen molar-refractivity contribution in [1.82, 2.24) is 4.57 Å². The number of nitrogens with zero attached hydrogens (tertiary/aromatic N) is 2. The van der Waals surface area contributed by atoms with Crippen LogP contribution in [0.25, 0.3) is 10.2 Å². The van der Waals surface area contributed by atoms with E-state index < -0.39 is 31.7 Å². The number of primary sulfonamides is 1. The maximum Gasteiger partial charge on any atom is 0.325 e. The predicted octanol–water partition coefficient (Wildman–Crippen LogP) is 0.668. The van der Waals surface area contributed by atoms with Gasteiger partial charge in [0.2, 0.25) is 10.0 Å². The molecule has 164 valence electrons. The van der Waals surface area contributed by atoms with Crippen molar-refractivity contribution in [3.8, 4) is 0 Å². The molecule has 0 atom stereocenters. The summed E-state index contributed by atoms with van der Waals surface area (Å²) in [7, 11) is -6.15. The molecule has 0 aliphatic carbocycles. The third kappa shape index (κ3) is 5.07. The largest absolute Gasteiger partial charge is 0.468 e. The Morgan fingerprint density at radius 3 is 2.23 bits per heavy atom. The lowest BCUT2D eigenvalue weighted by atomic mass is 10.2. The van der Waals surface area contributed by atoms with E-state index in [1.165, 1.54) is 54.1 Å². The highest BCUT2D eigenvalue weighted by molar-refractivity contribution is 7.90. The van der Waals surface area contributed by atoms with Gasteiger partial charge in [-0.25, -0.2) is 22.0 Å². The van der Waals surface area contributed by atoms with Crippen molar-refractivity contribution in [2.75, 3.05) is 13.4 Å². The van der Waals surface area contributed by atoms with Crippen molar-refractivity contribution in [3.05, 3.63) is 52.8 Å². The minimum atomic E-state index is -3.95. The molecule has 2 N–H and O–H groups in total. The van der Waals surface area contributed by atoms with E-state index in [1.54, 1.807) is 0 Å². The zero-order chi connectivity index (χ0) is 23.0. The van der Waals surface area contributed by atoms with E-state index in [-0.39, 0.29) is 26.7 Å². The van der Waals surface area contributed by atoms with E-state index in [9.17, 15) is 26.4 Å². The van der Waals surface area contributed by atoms with Crippen molar-refractivity contribution in [2.45, 2.75) is 16.3 Å². The Kier molecular flexibility index (Phi) is 6.14. The molecule has 0 fully saturated rings. The fourth-order valence-corrected chi connectivity index (χ4v) is 4.97. The maximum atomic E-state index is 12.6. The van der Waals surface area contributed by atoms with Gasteiger partial charge in [0.1, 0.15) is 6.54 Å². The Balaban J connectivity index is 2.14. The van der Waals surface area contributed by atoms with Crippen LogP contribution in [0.1, 0.15) is 10.4 Å². The second-order valence-electron chi connectivity index (χ2n) is 6.43. The van der Waals surface area contributed by atoms with Crippen LogP contribution in [-0.2, 0) is 35.9 Å². The standard InChI is InChI=1S/C18H17N3O7S3/c1-28-16(22)10-21-14-8-7-13(31(19,26)27)9-15(14)29-18(21)20-17(23)11-3-5-12(6-4-11)30(2,24)25/h3-9H,10H2,1-2H3,(H2,19,26,27). The Labute approximate surface area is 181 Å². The second-order valence-corrected chi connectivity index (χ2v) is 11.0. The van der Waals surface area contributed by atoms with Crippen LogP contribution in [0, 0.1) is 0 Å². The summed E-state index contributed by atoms with van der Waals surface area (Å²) < 4.78 is 53.0. The Hall–Kier alpha value is -2.87. The van der Waals surface area contributed by atoms with Crippen molar-refractivity contribution >= 4 is 53.3 Å². The first-order chi connectivity index (χ1) is 14.4. The van der Waals surface area contributed by atoms with Gasteiger partial charge in [-0.2, -0.15) is 4.99 Å². The molecule has 0 spiro atoms. The Morgan fingerprint density at radius 1 is 1.06 bits per heavy atom. The van der Waals surface area contributed by atoms with E-state index in [0.29, 0.717) is 10.2 Å². The molecule has 0 saturated carbocycles. The zero-order valence-electron chi connectivity index (χ0n) is 16.3.